The molecule has 23 heavy (non-hydrogen) atoms. The molecule has 0 fully saturated rings. The van der Waals surface area contributed by atoms with Gasteiger partial charge in [-0.05, 0) is 35.4 Å². The summed E-state index contributed by atoms with van der Waals surface area (Å²) in [6.07, 6.45) is 0. The van der Waals surface area contributed by atoms with Crippen LogP contribution in [0.1, 0.15) is 16.7 Å². The fraction of sp³-hybridized carbons (Fsp3) is 0.235. The summed E-state index contributed by atoms with van der Waals surface area (Å²) >= 11 is 0. The number of hydrogen-bond acceptors (Lipinski definition) is 3. The van der Waals surface area contributed by atoms with E-state index in [1.807, 2.05) is 24.3 Å². The molecule has 5 nitrogen and oxygen atoms in total. The third-order valence-electron chi connectivity index (χ3n) is 3.65. The highest BCUT2D eigenvalue weighted by molar-refractivity contribution is 5.92. The minimum absolute atomic E-state index is 0.133. The molecule has 1 heterocycles. The number of anilines is 1. The standard InChI is InChI=1S/C17H17FN2O3/c1-22-14-4-2-11(3-5-14)9-23-10-13-7-16-12(6-15(13)18)8-19-17(21)20-16/h2-7H,8-10H2,1H3,(H2,19,20,21). The van der Waals surface area contributed by atoms with Gasteiger partial charge in [0.1, 0.15) is 11.6 Å². The molecule has 0 saturated carbocycles. The number of halogens is 1. The number of benzene rings is 2. The van der Waals surface area contributed by atoms with Gasteiger partial charge in [0, 0.05) is 17.8 Å². The first-order valence-electron chi connectivity index (χ1n) is 7.22. The number of hydrogen-bond donors (Lipinski definition) is 2. The van der Waals surface area contributed by atoms with Crippen molar-refractivity contribution in [2.24, 2.45) is 0 Å². The number of nitrogens with one attached hydrogen (secondary N) is 2. The Hall–Kier alpha value is -2.60. The van der Waals surface area contributed by atoms with Crippen LogP contribution in [0.2, 0.25) is 0 Å². The van der Waals surface area contributed by atoms with Gasteiger partial charge in [-0.3, -0.25) is 0 Å². The first-order valence-corrected chi connectivity index (χ1v) is 7.22. The number of fused-ring (bicyclic) bond motifs is 1. The van der Waals surface area contributed by atoms with Gasteiger partial charge in [0.25, 0.3) is 0 Å². The van der Waals surface area contributed by atoms with Crippen molar-refractivity contribution in [3.05, 3.63) is 58.9 Å². The second-order valence-corrected chi connectivity index (χ2v) is 5.25. The molecule has 0 unspecified atom stereocenters. The highest BCUT2D eigenvalue weighted by Crippen LogP contribution is 2.24. The van der Waals surface area contributed by atoms with E-state index in [9.17, 15) is 9.18 Å². The summed E-state index contributed by atoms with van der Waals surface area (Å²) in [5.74, 6) is 0.440. The third kappa shape index (κ3) is 3.60. The Morgan fingerprint density at radius 2 is 1.96 bits per heavy atom. The summed E-state index contributed by atoms with van der Waals surface area (Å²) in [5, 5.41) is 5.26. The summed E-state index contributed by atoms with van der Waals surface area (Å²) in [4.78, 5) is 11.3. The number of urea groups is 1. The average molecular weight is 316 g/mol. The first-order chi connectivity index (χ1) is 11.2. The Kier molecular flexibility index (Phi) is 4.43. The zero-order chi connectivity index (χ0) is 16.2. The molecule has 3 rings (SSSR count). The van der Waals surface area contributed by atoms with Gasteiger partial charge >= 0.3 is 6.03 Å². The van der Waals surface area contributed by atoms with Crippen LogP contribution in [0.4, 0.5) is 14.9 Å². The van der Waals surface area contributed by atoms with Gasteiger partial charge in [-0.15, -0.1) is 0 Å². The maximum Gasteiger partial charge on any atom is 0.319 e. The molecule has 2 aromatic carbocycles. The zero-order valence-electron chi connectivity index (χ0n) is 12.7. The average Bonchev–Trinajstić information content (AvgIpc) is 2.56. The molecule has 1 aliphatic rings. The third-order valence-corrected chi connectivity index (χ3v) is 3.65. The molecule has 2 N–H and O–H groups in total. The molecule has 1 aliphatic heterocycles. The van der Waals surface area contributed by atoms with Crippen LogP contribution >= 0.6 is 0 Å². The van der Waals surface area contributed by atoms with Crippen LogP contribution in [0.15, 0.2) is 36.4 Å². The summed E-state index contributed by atoms with van der Waals surface area (Å²) in [5.41, 5.74) is 2.74. The predicted octanol–water partition coefficient (Wildman–Crippen LogP) is 3.19. The Morgan fingerprint density at radius 1 is 1.17 bits per heavy atom. The van der Waals surface area contributed by atoms with Gasteiger partial charge in [0.15, 0.2) is 0 Å². The van der Waals surface area contributed by atoms with E-state index < -0.39 is 0 Å². The lowest BCUT2D eigenvalue weighted by Crippen LogP contribution is -2.33. The lowest BCUT2D eigenvalue weighted by molar-refractivity contribution is 0.105. The molecule has 2 aromatic rings. The van der Waals surface area contributed by atoms with Gasteiger partial charge < -0.3 is 20.1 Å². The summed E-state index contributed by atoms with van der Waals surface area (Å²) in [6.45, 7) is 0.827. The number of carbonyl (C=O) groups is 1. The number of ether oxygens (including phenoxy) is 2. The molecule has 0 bridgehead atoms. The lowest BCUT2D eigenvalue weighted by Gasteiger charge is -2.19. The van der Waals surface area contributed by atoms with E-state index >= 15 is 0 Å². The van der Waals surface area contributed by atoms with Crippen LogP contribution in [0.3, 0.4) is 0 Å². The molecule has 6 heteroatoms. The van der Waals surface area contributed by atoms with Crippen molar-refractivity contribution in [2.45, 2.75) is 19.8 Å². The molecule has 0 radical (unpaired) electrons. The van der Waals surface area contributed by atoms with Crippen molar-refractivity contribution in [1.29, 1.82) is 0 Å². The highest BCUT2D eigenvalue weighted by atomic mass is 19.1. The fourth-order valence-corrected chi connectivity index (χ4v) is 2.38. The molecular formula is C17H17FN2O3. The molecule has 120 valence electrons. The van der Waals surface area contributed by atoms with E-state index in [-0.39, 0.29) is 18.5 Å². The lowest BCUT2D eigenvalue weighted by atomic mass is 10.1. The van der Waals surface area contributed by atoms with Crippen molar-refractivity contribution >= 4 is 11.7 Å². The normalized spacial score (nSPS) is 13.0. The molecule has 2 amide bonds. The van der Waals surface area contributed by atoms with E-state index in [1.54, 1.807) is 13.2 Å². The van der Waals surface area contributed by atoms with Crippen LogP contribution in [-0.2, 0) is 24.5 Å². The molecular weight excluding hydrogens is 299 g/mol. The Balaban J connectivity index is 1.63. The topological polar surface area (TPSA) is 59.6 Å². The van der Waals surface area contributed by atoms with Crippen LogP contribution in [-0.4, -0.2) is 13.1 Å². The van der Waals surface area contributed by atoms with E-state index in [1.165, 1.54) is 6.07 Å². The van der Waals surface area contributed by atoms with Gasteiger partial charge in [-0.25, -0.2) is 9.18 Å². The Morgan fingerprint density at radius 3 is 2.70 bits per heavy atom. The summed E-state index contributed by atoms with van der Waals surface area (Å²) < 4.78 is 24.7. The number of amides is 2. The predicted molar refractivity (Wildman–Crippen MR) is 83.7 cm³/mol. The highest BCUT2D eigenvalue weighted by Gasteiger charge is 2.16. The van der Waals surface area contributed by atoms with E-state index in [0.717, 1.165) is 16.9 Å². The number of carbonyl (C=O) groups excluding carboxylic acids is 1. The minimum Gasteiger partial charge on any atom is -0.497 e. The summed E-state index contributed by atoms with van der Waals surface area (Å²) in [7, 11) is 1.61. The van der Waals surface area contributed by atoms with Crippen LogP contribution in [0.5, 0.6) is 5.75 Å². The first kappa shape index (κ1) is 15.3. The number of rotatable bonds is 5. The van der Waals surface area contributed by atoms with Crippen LogP contribution in [0.25, 0.3) is 0 Å². The van der Waals surface area contributed by atoms with Crippen molar-refractivity contribution < 1.29 is 18.7 Å². The van der Waals surface area contributed by atoms with E-state index in [4.69, 9.17) is 9.47 Å². The van der Waals surface area contributed by atoms with Crippen molar-refractivity contribution in [3.63, 3.8) is 0 Å². The van der Waals surface area contributed by atoms with E-state index in [2.05, 4.69) is 10.6 Å². The molecule has 0 aliphatic carbocycles. The quantitative estimate of drug-likeness (QED) is 0.890. The smallest absolute Gasteiger partial charge is 0.319 e. The van der Waals surface area contributed by atoms with Crippen molar-refractivity contribution in [2.75, 3.05) is 12.4 Å². The second kappa shape index (κ2) is 6.66. The van der Waals surface area contributed by atoms with Crippen LogP contribution in [0, 0.1) is 5.82 Å². The largest absolute Gasteiger partial charge is 0.497 e. The summed E-state index contributed by atoms with van der Waals surface area (Å²) in [6, 6.07) is 10.3. The van der Waals surface area contributed by atoms with Gasteiger partial charge in [-0.1, -0.05) is 12.1 Å². The van der Waals surface area contributed by atoms with Crippen molar-refractivity contribution in [1.82, 2.24) is 5.32 Å². The minimum atomic E-state index is -0.337. The van der Waals surface area contributed by atoms with E-state index in [0.29, 0.717) is 24.4 Å². The maximum absolute atomic E-state index is 14.1. The Labute approximate surface area is 133 Å². The van der Waals surface area contributed by atoms with Gasteiger partial charge in [-0.2, -0.15) is 0 Å². The monoisotopic (exact) mass is 316 g/mol. The molecule has 0 spiro atoms. The Bertz CT molecular complexity index is 717. The molecule has 0 aromatic heterocycles. The van der Waals surface area contributed by atoms with Gasteiger partial charge in [0.05, 0.1) is 20.3 Å². The number of methoxy groups -OCH3 is 1. The fourth-order valence-electron chi connectivity index (χ4n) is 2.38. The SMILES string of the molecule is COc1ccc(COCc2cc3c(cc2F)CNC(=O)N3)cc1. The maximum atomic E-state index is 14.1. The van der Waals surface area contributed by atoms with Crippen LogP contribution < -0.4 is 15.4 Å². The second-order valence-electron chi connectivity index (χ2n) is 5.25. The zero-order valence-corrected chi connectivity index (χ0v) is 12.7. The molecule has 0 saturated heterocycles. The molecule has 0 atom stereocenters. The van der Waals surface area contributed by atoms with Crippen molar-refractivity contribution in [3.8, 4) is 5.75 Å². The van der Waals surface area contributed by atoms with Gasteiger partial charge in [0.2, 0.25) is 0 Å².